The molecule has 1 aromatic heterocycles. The molecule has 1 fully saturated rings. The Labute approximate surface area is 261 Å². The summed E-state index contributed by atoms with van der Waals surface area (Å²) in [5.74, 6) is -1.75. The lowest BCUT2D eigenvalue weighted by molar-refractivity contribution is -0.138. The first-order valence-corrected chi connectivity index (χ1v) is 15.0. The number of likely N-dealkylation sites (tertiary alicyclic amines) is 1. The van der Waals surface area contributed by atoms with Crippen molar-refractivity contribution in [2.75, 3.05) is 39.0 Å². The molecule has 2 N–H and O–H groups in total. The van der Waals surface area contributed by atoms with Gasteiger partial charge in [0.15, 0.2) is 5.78 Å². The molecule has 0 radical (unpaired) electrons. The van der Waals surface area contributed by atoms with Gasteiger partial charge in [0.1, 0.15) is 18.1 Å². The number of carbonyl (C=O) groups excluding carboxylic acids is 4. The fourth-order valence-corrected chi connectivity index (χ4v) is 5.46. The Hall–Kier alpha value is -4.03. The van der Waals surface area contributed by atoms with Crippen LogP contribution in [0.5, 0.6) is 0 Å². The number of ketones is 1. The molecule has 3 aromatic rings. The number of aromatic nitrogens is 2. The van der Waals surface area contributed by atoms with Crippen LogP contribution in [0.2, 0.25) is 5.02 Å². The molecule has 1 saturated heterocycles. The second-order valence-corrected chi connectivity index (χ2v) is 11.9. The number of nitrogens with one attached hydrogen (secondary N) is 2. The Morgan fingerprint density at radius 3 is 2.50 bits per heavy atom. The van der Waals surface area contributed by atoms with Crippen molar-refractivity contribution in [1.29, 1.82) is 0 Å². The van der Waals surface area contributed by atoms with Gasteiger partial charge in [-0.3, -0.25) is 19.1 Å². The second-order valence-electron chi connectivity index (χ2n) is 11.5. The Morgan fingerprint density at radius 1 is 1.14 bits per heavy atom. The number of piperidine rings is 1. The number of carbonyl (C=O) groups is 4. The van der Waals surface area contributed by atoms with E-state index in [1.54, 1.807) is 50.1 Å². The molecule has 1 aliphatic heterocycles. The molecule has 11 nitrogen and oxygen atoms in total. The van der Waals surface area contributed by atoms with Crippen molar-refractivity contribution in [3.8, 4) is 0 Å². The number of hydrogen-bond donors (Lipinski definition) is 2. The van der Waals surface area contributed by atoms with E-state index in [0.29, 0.717) is 16.6 Å². The van der Waals surface area contributed by atoms with Gasteiger partial charge in [0, 0.05) is 49.2 Å². The molecule has 0 spiro atoms. The first kappa shape index (κ1) is 32.9. The SMILES string of the molecule is CC(=O)c1nn(CC(=O)N(CC(=O)NCc2cccc(Cl)c2F)C(C)C)c2ccc(NC(=O)N(C)C3CCN(C)CC3)cc12. The number of urea groups is 1. The zero-order valence-corrected chi connectivity index (χ0v) is 26.4. The summed E-state index contributed by atoms with van der Waals surface area (Å²) in [6.45, 7) is 6.25. The molecule has 0 bridgehead atoms. The lowest BCUT2D eigenvalue weighted by Crippen LogP contribution is -2.46. The average Bonchev–Trinajstić information content (AvgIpc) is 3.34. The highest BCUT2D eigenvalue weighted by Gasteiger charge is 2.26. The van der Waals surface area contributed by atoms with Crippen LogP contribution in [0.3, 0.4) is 0 Å². The summed E-state index contributed by atoms with van der Waals surface area (Å²) in [6, 6.07) is 9.20. The summed E-state index contributed by atoms with van der Waals surface area (Å²) in [5.41, 5.74) is 1.45. The second kappa shape index (κ2) is 14.2. The van der Waals surface area contributed by atoms with Crippen molar-refractivity contribution in [2.24, 2.45) is 0 Å². The number of nitrogens with zero attached hydrogens (tertiary/aromatic N) is 5. The summed E-state index contributed by atoms with van der Waals surface area (Å²) >= 11 is 5.82. The molecule has 2 aromatic carbocycles. The number of Topliss-reactive ketones (excluding diaryl/α,β-unsaturated/α-hetero) is 1. The Bertz CT molecular complexity index is 1550. The van der Waals surface area contributed by atoms with E-state index in [0.717, 1.165) is 25.9 Å². The molecule has 0 aliphatic carbocycles. The molecular formula is C31H39ClFN7O4. The van der Waals surface area contributed by atoms with E-state index in [-0.39, 0.29) is 65.7 Å². The van der Waals surface area contributed by atoms with Crippen LogP contribution in [0.4, 0.5) is 14.9 Å². The van der Waals surface area contributed by atoms with E-state index in [1.807, 2.05) is 0 Å². The van der Waals surface area contributed by atoms with Crippen LogP contribution in [-0.4, -0.2) is 93.9 Å². The summed E-state index contributed by atoms with van der Waals surface area (Å²) in [5, 5.41) is 10.4. The molecule has 236 valence electrons. The molecule has 44 heavy (non-hydrogen) atoms. The van der Waals surface area contributed by atoms with Crippen molar-refractivity contribution in [1.82, 2.24) is 29.8 Å². The van der Waals surface area contributed by atoms with Crippen LogP contribution in [0, 0.1) is 5.82 Å². The minimum Gasteiger partial charge on any atom is -0.350 e. The predicted octanol–water partition coefficient (Wildman–Crippen LogP) is 4.14. The van der Waals surface area contributed by atoms with Gasteiger partial charge in [0.2, 0.25) is 11.8 Å². The highest BCUT2D eigenvalue weighted by atomic mass is 35.5. The van der Waals surface area contributed by atoms with Gasteiger partial charge in [-0.25, -0.2) is 9.18 Å². The van der Waals surface area contributed by atoms with Crippen molar-refractivity contribution in [3.63, 3.8) is 0 Å². The third-order valence-electron chi connectivity index (χ3n) is 7.94. The van der Waals surface area contributed by atoms with Crippen LogP contribution < -0.4 is 10.6 Å². The molecule has 0 saturated carbocycles. The molecule has 4 amide bonds. The lowest BCUT2D eigenvalue weighted by atomic mass is 10.0. The number of hydrogen-bond acceptors (Lipinski definition) is 6. The fourth-order valence-electron chi connectivity index (χ4n) is 5.26. The van der Waals surface area contributed by atoms with E-state index in [2.05, 4.69) is 27.7 Å². The summed E-state index contributed by atoms with van der Waals surface area (Å²) in [6.07, 6.45) is 1.79. The minimum atomic E-state index is -0.606. The summed E-state index contributed by atoms with van der Waals surface area (Å²) in [7, 11) is 3.85. The lowest BCUT2D eigenvalue weighted by Gasteiger charge is -2.35. The van der Waals surface area contributed by atoms with Crippen LogP contribution >= 0.6 is 11.6 Å². The third-order valence-corrected chi connectivity index (χ3v) is 8.23. The van der Waals surface area contributed by atoms with E-state index < -0.39 is 11.7 Å². The smallest absolute Gasteiger partial charge is 0.321 e. The number of halogens is 2. The third kappa shape index (κ3) is 7.72. The van der Waals surface area contributed by atoms with E-state index in [9.17, 15) is 23.6 Å². The van der Waals surface area contributed by atoms with E-state index in [1.165, 1.54) is 28.6 Å². The Kier molecular flexibility index (Phi) is 10.6. The van der Waals surface area contributed by atoms with Crippen LogP contribution in [0.1, 0.15) is 49.7 Å². The van der Waals surface area contributed by atoms with Crippen LogP contribution in [0.25, 0.3) is 10.9 Å². The predicted molar refractivity (Wildman–Crippen MR) is 167 cm³/mol. The quantitative estimate of drug-likeness (QED) is 0.326. The van der Waals surface area contributed by atoms with Gasteiger partial charge in [-0.15, -0.1) is 0 Å². The van der Waals surface area contributed by atoms with Gasteiger partial charge in [-0.2, -0.15) is 5.10 Å². The molecule has 2 heterocycles. The first-order chi connectivity index (χ1) is 20.8. The minimum absolute atomic E-state index is 0.0402. The van der Waals surface area contributed by atoms with Gasteiger partial charge >= 0.3 is 6.03 Å². The zero-order valence-electron chi connectivity index (χ0n) is 25.7. The average molecular weight is 628 g/mol. The van der Waals surface area contributed by atoms with E-state index >= 15 is 0 Å². The first-order valence-electron chi connectivity index (χ1n) is 14.6. The van der Waals surface area contributed by atoms with Crippen molar-refractivity contribution in [2.45, 2.75) is 58.8 Å². The standard InChI is InChI=1S/C31H39ClFN7O4/c1-19(2)39(17-27(42)34-16-21-7-6-8-25(32)29(21)33)28(43)18-40-26-10-9-22(15-24(26)30(36-40)20(3)41)35-31(44)38(5)23-11-13-37(4)14-12-23/h6-10,15,19,23H,11-14,16-18H2,1-5H3,(H,34,42)(H,35,44). The number of anilines is 1. The monoisotopic (exact) mass is 627 g/mol. The highest BCUT2D eigenvalue weighted by molar-refractivity contribution is 6.30. The van der Waals surface area contributed by atoms with Crippen LogP contribution in [0.15, 0.2) is 36.4 Å². The van der Waals surface area contributed by atoms with Gasteiger partial charge in [0.05, 0.1) is 17.1 Å². The molecule has 0 atom stereocenters. The maximum atomic E-state index is 14.2. The van der Waals surface area contributed by atoms with Gasteiger partial charge in [-0.05, 0) is 71.1 Å². The molecule has 13 heteroatoms. The summed E-state index contributed by atoms with van der Waals surface area (Å²) < 4.78 is 15.6. The maximum Gasteiger partial charge on any atom is 0.321 e. The molecule has 0 unspecified atom stereocenters. The van der Waals surface area contributed by atoms with E-state index in [4.69, 9.17) is 11.6 Å². The zero-order chi connectivity index (χ0) is 32.1. The van der Waals surface area contributed by atoms with Gasteiger partial charge in [-0.1, -0.05) is 23.7 Å². The number of benzene rings is 2. The molecule has 4 rings (SSSR count). The molecular weight excluding hydrogens is 589 g/mol. The normalized spacial score (nSPS) is 14.1. The number of amides is 4. The van der Waals surface area contributed by atoms with Crippen molar-refractivity contribution in [3.05, 3.63) is 58.5 Å². The van der Waals surface area contributed by atoms with Crippen molar-refractivity contribution < 1.29 is 23.6 Å². The topological polar surface area (TPSA) is 120 Å². The largest absolute Gasteiger partial charge is 0.350 e. The molecule has 1 aliphatic rings. The Balaban J connectivity index is 1.46. The summed E-state index contributed by atoms with van der Waals surface area (Å²) in [4.78, 5) is 56.9. The van der Waals surface area contributed by atoms with Gasteiger partial charge in [0.25, 0.3) is 0 Å². The highest BCUT2D eigenvalue weighted by Crippen LogP contribution is 2.25. The van der Waals surface area contributed by atoms with Gasteiger partial charge < -0.3 is 25.3 Å². The van der Waals surface area contributed by atoms with Crippen LogP contribution in [-0.2, 0) is 22.7 Å². The number of fused-ring (bicyclic) bond motifs is 1. The Morgan fingerprint density at radius 2 is 1.84 bits per heavy atom. The number of rotatable bonds is 10. The maximum absolute atomic E-state index is 14.2. The fraction of sp³-hybridized carbons (Fsp3) is 0.452. The van der Waals surface area contributed by atoms with Crippen molar-refractivity contribution >= 4 is 51.8 Å².